The van der Waals surface area contributed by atoms with Gasteiger partial charge in [0.05, 0.1) is 14.2 Å². The largest absolute Gasteiger partial charge is 0.493 e. The minimum absolute atomic E-state index is 0.0883. The van der Waals surface area contributed by atoms with Crippen molar-refractivity contribution in [2.75, 3.05) is 39.7 Å². The summed E-state index contributed by atoms with van der Waals surface area (Å²) in [5.41, 5.74) is 0.742. The number of likely N-dealkylation sites (tertiary alicyclic amines) is 1. The quantitative estimate of drug-likeness (QED) is 0.915. The molecule has 5 heteroatoms. The van der Waals surface area contributed by atoms with Gasteiger partial charge in [-0.2, -0.15) is 0 Å². The number of ether oxygens (including phenoxy) is 2. The molecule has 0 unspecified atom stereocenters. The third kappa shape index (κ3) is 3.42. The molecule has 1 saturated heterocycles. The van der Waals surface area contributed by atoms with Crippen LogP contribution in [0.25, 0.3) is 0 Å². The standard InChI is InChI=1S/C15H22N2O3/c1-17-8-6-11(7-9-17)15(18)16-12-4-5-13(19-2)14(10-12)20-3/h4-5,10-11H,6-9H2,1-3H3,(H,16,18). The number of anilines is 1. The first-order valence-electron chi connectivity index (χ1n) is 6.85. The lowest BCUT2D eigenvalue weighted by Gasteiger charge is -2.28. The molecular formula is C15H22N2O3. The lowest BCUT2D eigenvalue weighted by atomic mass is 9.96. The topological polar surface area (TPSA) is 50.8 Å². The summed E-state index contributed by atoms with van der Waals surface area (Å²) in [6.07, 6.45) is 1.82. The van der Waals surface area contributed by atoms with Crippen LogP contribution in [0.15, 0.2) is 18.2 Å². The van der Waals surface area contributed by atoms with Crippen molar-refractivity contribution in [3.8, 4) is 11.5 Å². The van der Waals surface area contributed by atoms with Crippen molar-refractivity contribution in [2.24, 2.45) is 5.92 Å². The first-order chi connectivity index (χ1) is 9.63. The van der Waals surface area contributed by atoms with E-state index in [1.54, 1.807) is 26.4 Å². The smallest absolute Gasteiger partial charge is 0.227 e. The predicted molar refractivity (Wildman–Crippen MR) is 78.4 cm³/mol. The molecule has 1 aliphatic rings. The third-order valence-electron chi connectivity index (χ3n) is 3.74. The van der Waals surface area contributed by atoms with Gasteiger partial charge in [-0.05, 0) is 45.1 Å². The number of benzene rings is 1. The first-order valence-corrected chi connectivity index (χ1v) is 6.85. The fourth-order valence-corrected chi connectivity index (χ4v) is 2.43. The van der Waals surface area contributed by atoms with Gasteiger partial charge in [0.1, 0.15) is 0 Å². The maximum absolute atomic E-state index is 12.2. The van der Waals surface area contributed by atoms with E-state index in [1.807, 2.05) is 6.07 Å². The Hall–Kier alpha value is -1.75. The molecule has 1 N–H and O–H groups in total. The number of amides is 1. The zero-order valence-electron chi connectivity index (χ0n) is 12.3. The van der Waals surface area contributed by atoms with Crippen LogP contribution in [0.2, 0.25) is 0 Å². The van der Waals surface area contributed by atoms with Gasteiger partial charge in [-0.1, -0.05) is 0 Å². The van der Waals surface area contributed by atoms with Crippen LogP contribution in [0.4, 0.5) is 5.69 Å². The van der Waals surface area contributed by atoms with Crippen molar-refractivity contribution in [3.05, 3.63) is 18.2 Å². The maximum Gasteiger partial charge on any atom is 0.227 e. The molecule has 1 aromatic rings. The number of hydrogen-bond donors (Lipinski definition) is 1. The monoisotopic (exact) mass is 278 g/mol. The Morgan fingerprint density at radius 3 is 2.45 bits per heavy atom. The fourth-order valence-electron chi connectivity index (χ4n) is 2.43. The number of nitrogens with one attached hydrogen (secondary N) is 1. The van der Waals surface area contributed by atoms with Crippen LogP contribution in [0.3, 0.4) is 0 Å². The van der Waals surface area contributed by atoms with Crippen LogP contribution in [-0.4, -0.2) is 45.2 Å². The molecule has 1 heterocycles. The van der Waals surface area contributed by atoms with Crippen LogP contribution < -0.4 is 14.8 Å². The van der Waals surface area contributed by atoms with Crippen molar-refractivity contribution in [1.82, 2.24) is 4.90 Å². The number of carbonyl (C=O) groups excluding carboxylic acids is 1. The van der Waals surface area contributed by atoms with E-state index in [0.29, 0.717) is 11.5 Å². The minimum atomic E-state index is 0.0883. The van der Waals surface area contributed by atoms with Crippen molar-refractivity contribution < 1.29 is 14.3 Å². The predicted octanol–water partition coefficient (Wildman–Crippen LogP) is 1.98. The van der Waals surface area contributed by atoms with E-state index < -0.39 is 0 Å². The van der Waals surface area contributed by atoms with Gasteiger partial charge in [0.2, 0.25) is 5.91 Å². The Labute approximate surface area is 119 Å². The highest BCUT2D eigenvalue weighted by Crippen LogP contribution is 2.30. The van der Waals surface area contributed by atoms with Crippen LogP contribution in [0, 0.1) is 5.92 Å². The molecule has 0 aliphatic carbocycles. The number of rotatable bonds is 4. The van der Waals surface area contributed by atoms with Crippen LogP contribution in [0.1, 0.15) is 12.8 Å². The van der Waals surface area contributed by atoms with E-state index in [1.165, 1.54) is 0 Å². The fraction of sp³-hybridized carbons (Fsp3) is 0.533. The van der Waals surface area contributed by atoms with E-state index in [4.69, 9.17) is 9.47 Å². The van der Waals surface area contributed by atoms with Crippen LogP contribution in [0.5, 0.6) is 11.5 Å². The third-order valence-corrected chi connectivity index (χ3v) is 3.74. The van der Waals surface area contributed by atoms with E-state index >= 15 is 0 Å². The molecule has 1 aliphatic heterocycles. The molecule has 0 spiro atoms. The van der Waals surface area contributed by atoms with E-state index in [0.717, 1.165) is 31.6 Å². The molecule has 0 saturated carbocycles. The Bertz CT molecular complexity index is 468. The summed E-state index contributed by atoms with van der Waals surface area (Å²) in [7, 11) is 5.26. The highest BCUT2D eigenvalue weighted by atomic mass is 16.5. The highest BCUT2D eigenvalue weighted by Gasteiger charge is 2.23. The van der Waals surface area contributed by atoms with Gasteiger partial charge in [-0.25, -0.2) is 0 Å². The molecule has 5 nitrogen and oxygen atoms in total. The van der Waals surface area contributed by atoms with Gasteiger partial charge < -0.3 is 19.7 Å². The lowest BCUT2D eigenvalue weighted by Crippen LogP contribution is -2.35. The first kappa shape index (κ1) is 14.7. The second-order valence-electron chi connectivity index (χ2n) is 5.14. The Kier molecular flexibility index (Phi) is 4.84. The summed E-state index contributed by atoms with van der Waals surface area (Å²) >= 11 is 0. The summed E-state index contributed by atoms with van der Waals surface area (Å²) in [6, 6.07) is 5.41. The molecule has 1 fully saturated rings. The number of carbonyl (C=O) groups is 1. The second kappa shape index (κ2) is 6.61. The number of hydrogen-bond acceptors (Lipinski definition) is 4. The Morgan fingerprint density at radius 1 is 1.20 bits per heavy atom. The van der Waals surface area contributed by atoms with Crippen molar-refractivity contribution >= 4 is 11.6 Å². The molecule has 0 bridgehead atoms. The molecule has 0 radical (unpaired) electrons. The van der Waals surface area contributed by atoms with E-state index in [2.05, 4.69) is 17.3 Å². The lowest BCUT2D eigenvalue weighted by molar-refractivity contribution is -0.121. The number of nitrogens with zero attached hydrogens (tertiary/aromatic N) is 1. The molecular weight excluding hydrogens is 256 g/mol. The summed E-state index contributed by atoms with van der Waals surface area (Å²) in [6.45, 7) is 1.95. The number of methoxy groups -OCH3 is 2. The van der Waals surface area contributed by atoms with Gasteiger partial charge in [0.15, 0.2) is 11.5 Å². The normalized spacial score (nSPS) is 16.8. The molecule has 110 valence electrons. The summed E-state index contributed by atoms with van der Waals surface area (Å²) in [4.78, 5) is 14.5. The van der Waals surface area contributed by atoms with Crippen molar-refractivity contribution in [2.45, 2.75) is 12.8 Å². The average molecular weight is 278 g/mol. The van der Waals surface area contributed by atoms with Gasteiger partial charge in [0, 0.05) is 17.7 Å². The van der Waals surface area contributed by atoms with Crippen molar-refractivity contribution in [1.29, 1.82) is 0 Å². The van der Waals surface area contributed by atoms with Crippen LogP contribution in [-0.2, 0) is 4.79 Å². The minimum Gasteiger partial charge on any atom is -0.493 e. The Balaban J connectivity index is 2.00. The van der Waals surface area contributed by atoms with Gasteiger partial charge >= 0.3 is 0 Å². The highest BCUT2D eigenvalue weighted by molar-refractivity contribution is 5.93. The molecule has 20 heavy (non-hydrogen) atoms. The average Bonchev–Trinajstić information content (AvgIpc) is 2.47. The molecule has 1 amide bonds. The zero-order chi connectivity index (χ0) is 14.5. The molecule has 1 aromatic carbocycles. The van der Waals surface area contributed by atoms with E-state index in [-0.39, 0.29) is 11.8 Å². The summed E-state index contributed by atoms with van der Waals surface area (Å²) in [5.74, 6) is 1.46. The second-order valence-corrected chi connectivity index (χ2v) is 5.14. The SMILES string of the molecule is COc1ccc(NC(=O)C2CCN(C)CC2)cc1OC. The molecule has 0 aromatic heterocycles. The molecule has 2 rings (SSSR count). The van der Waals surface area contributed by atoms with Gasteiger partial charge in [-0.3, -0.25) is 4.79 Å². The van der Waals surface area contributed by atoms with E-state index in [9.17, 15) is 4.79 Å². The molecule has 0 atom stereocenters. The van der Waals surface area contributed by atoms with Gasteiger partial charge in [0.25, 0.3) is 0 Å². The summed E-state index contributed by atoms with van der Waals surface area (Å²) < 4.78 is 10.4. The summed E-state index contributed by atoms with van der Waals surface area (Å²) in [5, 5.41) is 2.96. The number of piperidine rings is 1. The maximum atomic E-state index is 12.2. The van der Waals surface area contributed by atoms with Crippen molar-refractivity contribution in [3.63, 3.8) is 0 Å². The zero-order valence-corrected chi connectivity index (χ0v) is 12.3. The Morgan fingerprint density at radius 2 is 1.85 bits per heavy atom. The van der Waals surface area contributed by atoms with Gasteiger partial charge in [-0.15, -0.1) is 0 Å². The van der Waals surface area contributed by atoms with Crippen LogP contribution >= 0.6 is 0 Å².